The normalized spacial score (nSPS) is 11.5. The van der Waals surface area contributed by atoms with E-state index < -0.39 is 23.3 Å². The molecule has 1 aromatic heterocycles. The minimum Gasteiger partial charge on any atom is -0.478 e. The number of aromatic nitrogens is 2. The highest BCUT2D eigenvalue weighted by atomic mass is 32.1. The first-order valence-electron chi connectivity index (χ1n) is 7.37. The molecule has 26 heavy (non-hydrogen) atoms. The number of aromatic carboxylic acids is 1. The molecule has 0 bridgehead atoms. The minimum atomic E-state index is -1.36. The number of halogens is 1. The lowest BCUT2D eigenvalue weighted by Crippen LogP contribution is -2.11. The summed E-state index contributed by atoms with van der Waals surface area (Å²) >= 11 is 1.27. The Morgan fingerprint density at radius 2 is 1.92 bits per heavy atom. The number of primary amides is 1. The van der Waals surface area contributed by atoms with Crippen LogP contribution in [0.2, 0.25) is 0 Å². The van der Waals surface area contributed by atoms with Crippen LogP contribution < -0.4 is 10.5 Å². The Morgan fingerprint density at radius 1 is 1.23 bits per heavy atom. The van der Waals surface area contributed by atoms with E-state index in [2.05, 4.69) is 10.1 Å². The van der Waals surface area contributed by atoms with Crippen LogP contribution >= 0.6 is 11.3 Å². The summed E-state index contributed by atoms with van der Waals surface area (Å²) in [5.74, 6) is -2.69. The zero-order valence-corrected chi connectivity index (χ0v) is 14.3. The van der Waals surface area contributed by atoms with Crippen LogP contribution in [0.3, 0.4) is 0 Å². The molecule has 3 aromatic rings. The average molecular weight is 372 g/mol. The van der Waals surface area contributed by atoms with Crippen molar-refractivity contribution in [2.24, 2.45) is 17.8 Å². The van der Waals surface area contributed by atoms with Crippen molar-refractivity contribution in [1.82, 2.24) is 9.78 Å². The number of hydrogen-bond acceptors (Lipinski definition) is 5. The van der Waals surface area contributed by atoms with E-state index in [1.807, 2.05) is 0 Å². The molecule has 0 aliphatic carbocycles. The highest BCUT2D eigenvalue weighted by Gasteiger charge is 2.11. The number of nitrogens with zero attached hydrogens (tertiary/aromatic N) is 3. The molecule has 2 aromatic carbocycles. The topological polar surface area (TPSA) is 111 Å². The average Bonchev–Trinajstić information content (AvgIpc) is 2.97. The minimum absolute atomic E-state index is 0.304. The molecule has 132 valence electrons. The van der Waals surface area contributed by atoms with E-state index in [1.54, 1.807) is 31.3 Å². The molecule has 0 radical (unpaired) electrons. The first kappa shape index (κ1) is 17.5. The van der Waals surface area contributed by atoms with E-state index in [9.17, 15) is 14.0 Å². The fourth-order valence-electron chi connectivity index (χ4n) is 2.20. The number of benzene rings is 2. The van der Waals surface area contributed by atoms with Gasteiger partial charge in [-0.3, -0.25) is 4.79 Å². The fraction of sp³-hybridized carbons (Fsp3) is 0.0588. The van der Waals surface area contributed by atoms with Gasteiger partial charge in [0, 0.05) is 18.2 Å². The molecule has 3 N–H and O–H groups in total. The van der Waals surface area contributed by atoms with Crippen LogP contribution in [-0.2, 0) is 7.05 Å². The van der Waals surface area contributed by atoms with Gasteiger partial charge in [0.2, 0.25) is 10.7 Å². The van der Waals surface area contributed by atoms with Crippen LogP contribution in [0.1, 0.15) is 20.7 Å². The summed E-state index contributed by atoms with van der Waals surface area (Å²) in [6.45, 7) is 0. The summed E-state index contributed by atoms with van der Waals surface area (Å²) in [4.78, 5) is 27.0. The second-order valence-electron chi connectivity index (χ2n) is 5.34. The first-order chi connectivity index (χ1) is 12.3. The van der Waals surface area contributed by atoms with Crippen LogP contribution in [0.15, 0.2) is 47.5 Å². The van der Waals surface area contributed by atoms with Crippen molar-refractivity contribution in [3.63, 3.8) is 0 Å². The molecule has 0 spiro atoms. The Hall–Kier alpha value is -3.33. The van der Waals surface area contributed by atoms with Crippen LogP contribution in [0, 0.1) is 5.82 Å². The second kappa shape index (κ2) is 6.89. The largest absolute Gasteiger partial charge is 0.478 e. The number of hydrogen-bond donors (Lipinski definition) is 2. The van der Waals surface area contributed by atoms with Crippen LogP contribution in [-0.4, -0.2) is 26.8 Å². The number of amides is 1. The van der Waals surface area contributed by atoms with E-state index in [-0.39, 0.29) is 0 Å². The number of carbonyl (C=O) groups is 2. The van der Waals surface area contributed by atoms with Gasteiger partial charge in [-0.15, -0.1) is 0 Å². The maximum Gasteiger partial charge on any atom is 0.338 e. The van der Waals surface area contributed by atoms with E-state index >= 15 is 0 Å². The smallest absolute Gasteiger partial charge is 0.338 e. The van der Waals surface area contributed by atoms with Gasteiger partial charge in [-0.1, -0.05) is 23.5 Å². The second-order valence-corrected chi connectivity index (χ2v) is 6.29. The van der Waals surface area contributed by atoms with Gasteiger partial charge < -0.3 is 10.8 Å². The zero-order chi connectivity index (χ0) is 18.8. The van der Waals surface area contributed by atoms with E-state index in [0.717, 1.165) is 11.6 Å². The number of rotatable bonds is 4. The highest BCUT2D eigenvalue weighted by molar-refractivity contribution is 7.12. The number of nitrogens with two attached hydrogens (primary N) is 1. The van der Waals surface area contributed by atoms with Crippen molar-refractivity contribution in [3.05, 3.63) is 64.2 Å². The quantitative estimate of drug-likeness (QED) is 0.732. The van der Waals surface area contributed by atoms with Crippen LogP contribution in [0.4, 0.5) is 10.1 Å². The van der Waals surface area contributed by atoms with Crippen LogP contribution in [0.25, 0.3) is 10.6 Å². The van der Waals surface area contributed by atoms with Gasteiger partial charge in [-0.2, -0.15) is 5.10 Å². The van der Waals surface area contributed by atoms with Gasteiger partial charge in [0.15, 0.2) is 0 Å². The Balaban J connectivity index is 2.00. The molecular formula is C17H13FN4O3S. The molecule has 0 unspecified atom stereocenters. The van der Waals surface area contributed by atoms with E-state index in [4.69, 9.17) is 10.8 Å². The predicted octanol–water partition coefficient (Wildman–Crippen LogP) is 2.32. The highest BCUT2D eigenvalue weighted by Crippen LogP contribution is 2.21. The molecule has 0 aliphatic heterocycles. The fourth-order valence-corrected chi connectivity index (χ4v) is 3.11. The monoisotopic (exact) mass is 372 g/mol. The molecule has 0 aliphatic rings. The summed E-state index contributed by atoms with van der Waals surface area (Å²) < 4.78 is 15.0. The third-order valence-corrected chi connectivity index (χ3v) is 4.58. The molecule has 3 rings (SSSR count). The third-order valence-electron chi connectivity index (χ3n) is 3.53. The summed E-state index contributed by atoms with van der Waals surface area (Å²) in [5, 5.41) is 14.0. The van der Waals surface area contributed by atoms with Crippen molar-refractivity contribution in [2.45, 2.75) is 0 Å². The van der Waals surface area contributed by atoms with Crippen molar-refractivity contribution >= 4 is 28.9 Å². The van der Waals surface area contributed by atoms with Crippen molar-refractivity contribution in [2.75, 3.05) is 0 Å². The summed E-state index contributed by atoms with van der Waals surface area (Å²) in [6, 6.07) is 10.3. The molecule has 9 heteroatoms. The Bertz CT molecular complexity index is 1070. The van der Waals surface area contributed by atoms with E-state index in [1.165, 1.54) is 28.2 Å². The van der Waals surface area contributed by atoms with Crippen molar-refractivity contribution in [1.29, 1.82) is 0 Å². The first-order valence-corrected chi connectivity index (χ1v) is 8.19. The molecule has 1 amide bonds. The Kier molecular flexibility index (Phi) is 4.63. The zero-order valence-electron chi connectivity index (χ0n) is 13.5. The standard InChI is InChI=1S/C17H13FN4O3S/c1-22-17(20-11-6-7-13(18)12(8-11)16(24)25)26-15(21-22)10-4-2-9(3-5-10)14(19)23/h2-8H,1H3,(H2,19,23)(H,24,25). The lowest BCUT2D eigenvalue weighted by molar-refractivity contribution is 0.0691. The SMILES string of the molecule is Cn1nc(-c2ccc(C(N)=O)cc2)sc1=Nc1ccc(F)c(C(=O)O)c1. The number of aryl methyl sites for hydroxylation is 1. The van der Waals surface area contributed by atoms with Gasteiger partial charge in [-0.25, -0.2) is 18.9 Å². The van der Waals surface area contributed by atoms with Gasteiger partial charge in [-0.05, 0) is 30.3 Å². The molecule has 0 atom stereocenters. The van der Waals surface area contributed by atoms with Gasteiger partial charge in [0.05, 0.1) is 11.3 Å². The molecule has 0 saturated heterocycles. The summed E-state index contributed by atoms with van der Waals surface area (Å²) in [6.07, 6.45) is 0. The molecule has 0 saturated carbocycles. The lowest BCUT2D eigenvalue weighted by atomic mass is 10.1. The van der Waals surface area contributed by atoms with Crippen molar-refractivity contribution in [3.8, 4) is 10.6 Å². The van der Waals surface area contributed by atoms with Gasteiger partial charge >= 0.3 is 5.97 Å². The summed E-state index contributed by atoms with van der Waals surface area (Å²) in [7, 11) is 1.69. The van der Waals surface area contributed by atoms with Gasteiger partial charge in [0.1, 0.15) is 10.8 Å². The Labute approximate surface area is 150 Å². The molecule has 7 nitrogen and oxygen atoms in total. The maximum absolute atomic E-state index is 13.5. The molecule has 0 fully saturated rings. The third kappa shape index (κ3) is 3.52. The predicted molar refractivity (Wildman–Crippen MR) is 93.6 cm³/mol. The Morgan fingerprint density at radius 3 is 2.54 bits per heavy atom. The maximum atomic E-state index is 13.5. The number of carboxylic acid groups (broad SMARTS) is 1. The molecule has 1 heterocycles. The lowest BCUT2D eigenvalue weighted by Gasteiger charge is -1.98. The number of carbonyl (C=O) groups excluding carboxylic acids is 1. The van der Waals surface area contributed by atoms with Crippen molar-refractivity contribution < 1.29 is 19.1 Å². The molecular weight excluding hydrogens is 359 g/mol. The number of carboxylic acids is 1. The van der Waals surface area contributed by atoms with Crippen LogP contribution in [0.5, 0.6) is 0 Å². The van der Waals surface area contributed by atoms with Gasteiger partial charge in [0.25, 0.3) is 0 Å². The van der Waals surface area contributed by atoms with E-state index in [0.29, 0.717) is 21.1 Å². The summed E-state index contributed by atoms with van der Waals surface area (Å²) in [5.41, 5.74) is 6.26.